The molecule has 4 rings (SSSR count). The molecule has 2 N–H and O–H groups in total. The molecule has 2 aromatic carbocycles. The number of nitrogens with zero attached hydrogens (tertiary/aromatic N) is 1. The Morgan fingerprint density at radius 3 is 2.21 bits per heavy atom. The van der Waals surface area contributed by atoms with Crippen molar-refractivity contribution in [1.82, 2.24) is 15.5 Å². The van der Waals surface area contributed by atoms with Crippen molar-refractivity contribution in [1.29, 1.82) is 0 Å². The average Bonchev–Trinajstić information content (AvgIpc) is 2.64. The Bertz CT molecular complexity index is 929. The second-order valence-electron chi connectivity index (χ2n) is 7.59. The van der Waals surface area contributed by atoms with E-state index in [0.29, 0.717) is 5.11 Å². The first-order chi connectivity index (χ1) is 13.0. The number of nitrogens with one attached hydrogen (secondary N) is 2. The molecule has 3 nitrogen and oxygen atoms in total. The highest BCUT2D eigenvalue weighted by Crippen LogP contribution is 2.34. The number of rotatable bonds is 2. The summed E-state index contributed by atoms with van der Waals surface area (Å²) < 4.78 is 0. The Morgan fingerprint density at radius 1 is 0.964 bits per heavy atom. The molecule has 2 aliphatic heterocycles. The van der Waals surface area contributed by atoms with Gasteiger partial charge < -0.3 is 10.6 Å². The fourth-order valence-corrected chi connectivity index (χ4v) is 4.01. The second-order valence-corrected chi connectivity index (χ2v) is 8.00. The van der Waals surface area contributed by atoms with Crippen LogP contribution in [0.5, 0.6) is 0 Å². The van der Waals surface area contributed by atoms with Crippen LogP contribution in [-0.4, -0.2) is 30.1 Å². The molecule has 0 aliphatic carbocycles. The normalized spacial score (nSPS) is 20.9. The van der Waals surface area contributed by atoms with E-state index in [1.807, 2.05) is 0 Å². The van der Waals surface area contributed by atoms with Gasteiger partial charge in [0.05, 0.1) is 6.04 Å². The van der Waals surface area contributed by atoms with E-state index in [2.05, 4.69) is 91.0 Å². The predicted molar refractivity (Wildman–Crippen MR) is 124 cm³/mol. The summed E-state index contributed by atoms with van der Waals surface area (Å²) in [6.45, 7) is 6.06. The van der Waals surface area contributed by atoms with Crippen molar-refractivity contribution in [3.8, 4) is 0 Å². The minimum Gasteiger partial charge on any atom is -0.352 e. The maximum absolute atomic E-state index is 5.54. The number of benzene rings is 2. The molecular formula is C23H26ClN3S. The minimum atomic E-state index is 0. The van der Waals surface area contributed by atoms with Crippen LogP contribution >= 0.6 is 24.6 Å². The fourth-order valence-electron chi connectivity index (χ4n) is 3.79. The largest absolute Gasteiger partial charge is 0.352 e. The molecule has 2 aromatic rings. The number of halogens is 1. The first-order valence-corrected chi connectivity index (χ1v) is 9.74. The standard InChI is InChI=1S/C23H25N3S.ClH/c1-15-4-8-17(9-5-15)12-19-13-26(3)14-20-21(24-23(27)25-22(19)20)18-10-6-16(2)7-11-18;/h4-12,21H,13-14H2,1-3H3,(H2,24,25,27);1H/b19-12+;. The molecule has 1 atom stereocenters. The van der Waals surface area contributed by atoms with Gasteiger partial charge in [0, 0.05) is 18.8 Å². The zero-order valence-electron chi connectivity index (χ0n) is 16.5. The molecule has 0 radical (unpaired) electrons. The van der Waals surface area contributed by atoms with Gasteiger partial charge in [0.2, 0.25) is 0 Å². The third-order valence-electron chi connectivity index (χ3n) is 5.21. The molecule has 0 bridgehead atoms. The van der Waals surface area contributed by atoms with E-state index in [1.54, 1.807) is 0 Å². The monoisotopic (exact) mass is 411 g/mol. The van der Waals surface area contributed by atoms with E-state index in [4.69, 9.17) is 12.2 Å². The second kappa shape index (κ2) is 8.48. The summed E-state index contributed by atoms with van der Waals surface area (Å²) in [5, 5.41) is 7.60. The molecular weight excluding hydrogens is 386 g/mol. The molecule has 2 aliphatic rings. The van der Waals surface area contributed by atoms with E-state index in [9.17, 15) is 0 Å². The maximum atomic E-state index is 5.54. The summed E-state index contributed by atoms with van der Waals surface area (Å²) in [5.41, 5.74) is 8.83. The van der Waals surface area contributed by atoms with Gasteiger partial charge in [0.15, 0.2) is 5.11 Å². The van der Waals surface area contributed by atoms with E-state index in [0.717, 1.165) is 13.1 Å². The van der Waals surface area contributed by atoms with Crippen LogP contribution in [0.25, 0.3) is 6.08 Å². The summed E-state index contributed by atoms with van der Waals surface area (Å²) in [6.07, 6.45) is 2.28. The number of aryl methyl sites for hydroxylation is 2. The van der Waals surface area contributed by atoms with Crippen LogP contribution in [-0.2, 0) is 0 Å². The van der Waals surface area contributed by atoms with Crippen molar-refractivity contribution in [2.75, 3.05) is 20.1 Å². The lowest BCUT2D eigenvalue weighted by Crippen LogP contribution is -2.49. The number of hydrogen-bond donors (Lipinski definition) is 2. The van der Waals surface area contributed by atoms with Crippen LogP contribution in [0, 0.1) is 13.8 Å². The van der Waals surface area contributed by atoms with Crippen molar-refractivity contribution < 1.29 is 0 Å². The Morgan fingerprint density at radius 2 is 1.57 bits per heavy atom. The Balaban J connectivity index is 0.00000225. The first kappa shape index (κ1) is 20.6. The van der Waals surface area contributed by atoms with Crippen molar-refractivity contribution in [2.24, 2.45) is 0 Å². The highest BCUT2D eigenvalue weighted by molar-refractivity contribution is 7.80. The summed E-state index contributed by atoms with van der Waals surface area (Å²) in [5.74, 6) is 0. The summed E-state index contributed by atoms with van der Waals surface area (Å²) >= 11 is 5.54. The van der Waals surface area contributed by atoms with Crippen LogP contribution in [0.2, 0.25) is 0 Å². The third kappa shape index (κ3) is 4.30. The van der Waals surface area contributed by atoms with Gasteiger partial charge in [-0.25, -0.2) is 0 Å². The summed E-state index contributed by atoms with van der Waals surface area (Å²) in [7, 11) is 2.17. The van der Waals surface area contributed by atoms with E-state index in [1.165, 1.54) is 39.1 Å². The number of likely N-dealkylation sites (N-methyl/N-ethyl adjacent to an activating group) is 1. The van der Waals surface area contributed by atoms with E-state index in [-0.39, 0.29) is 18.4 Å². The Labute approximate surface area is 178 Å². The molecule has 0 fully saturated rings. The van der Waals surface area contributed by atoms with Gasteiger partial charge in [-0.15, -0.1) is 12.4 Å². The van der Waals surface area contributed by atoms with Crippen molar-refractivity contribution >= 4 is 35.8 Å². The topological polar surface area (TPSA) is 27.3 Å². The molecule has 0 saturated heterocycles. The lowest BCUT2D eigenvalue weighted by molar-refractivity contribution is 0.364. The van der Waals surface area contributed by atoms with Crippen LogP contribution in [0.4, 0.5) is 0 Å². The summed E-state index contributed by atoms with van der Waals surface area (Å²) in [6, 6.07) is 17.5. The van der Waals surface area contributed by atoms with Crippen LogP contribution in [0.1, 0.15) is 28.3 Å². The zero-order chi connectivity index (χ0) is 19.0. The SMILES string of the molecule is Cc1ccc(/C=C2\CN(C)CC3=C2NC(=S)NC3c2ccc(C)cc2)cc1.Cl. The third-order valence-corrected chi connectivity index (χ3v) is 5.43. The molecule has 0 saturated carbocycles. The molecule has 1 unspecified atom stereocenters. The molecule has 146 valence electrons. The molecule has 28 heavy (non-hydrogen) atoms. The highest BCUT2D eigenvalue weighted by atomic mass is 35.5. The van der Waals surface area contributed by atoms with Gasteiger partial charge in [-0.2, -0.15) is 0 Å². The molecule has 0 spiro atoms. The van der Waals surface area contributed by atoms with Gasteiger partial charge in [0.1, 0.15) is 0 Å². The predicted octanol–water partition coefficient (Wildman–Crippen LogP) is 4.53. The Hall–Kier alpha value is -2.14. The summed E-state index contributed by atoms with van der Waals surface area (Å²) in [4.78, 5) is 2.36. The Kier molecular flexibility index (Phi) is 6.23. The van der Waals surface area contributed by atoms with Gasteiger partial charge in [-0.05, 0) is 61.5 Å². The zero-order valence-corrected chi connectivity index (χ0v) is 18.1. The first-order valence-electron chi connectivity index (χ1n) is 9.33. The molecule has 5 heteroatoms. The number of hydrogen-bond acceptors (Lipinski definition) is 2. The quantitative estimate of drug-likeness (QED) is 0.710. The van der Waals surface area contributed by atoms with Gasteiger partial charge >= 0.3 is 0 Å². The lowest BCUT2D eigenvalue weighted by Gasteiger charge is -2.39. The lowest BCUT2D eigenvalue weighted by atomic mass is 9.89. The van der Waals surface area contributed by atoms with Crippen LogP contribution < -0.4 is 10.6 Å². The van der Waals surface area contributed by atoms with E-state index < -0.39 is 0 Å². The van der Waals surface area contributed by atoms with E-state index >= 15 is 0 Å². The fraction of sp³-hybridized carbons (Fsp3) is 0.261. The maximum Gasteiger partial charge on any atom is 0.171 e. The van der Waals surface area contributed by atoms with Gasteiger partial charge in [0.25, 0.3) is 0 Å². The van der Waals surface area contributed by atoms with Crippen LogP contribution in [0.15, 0.2) is 65.4 Å². The van der Waals surface area contributed by atoms with Crippen molar-refractivity contribution in [2.45, 2.75) is 19.9 Å². The van der Waals surface area contributed by atoms with Gasteiger partial charge in [-0.1, -0.05) is 59.7 Å². The van der Waals surface area contributed by atoms with Crippen molar-refractivity contribution in [3.63, 3.8) is 0 Å². The number of thiocarbonyl (C=S) groups is 1. The average molecular weight is 412 g/mol. The smallest absolute Gasteiger partial charge is 0.171 e. The minimum absolute atomic E-state index is 0. The molecule has 0 amide bonds. The van der Waals surface area contributed by atoms with Gasteiger partial charge in [-0.3, -0.25) is 4.90 Å². The highest BCUT2D eigenvalue weighted by Gasteiger charge is 2.32. The molecule has 0 aromatic heterocycles. The van der Waals surface area contributed by atoms with Crippen LogP contribution in [0.3, 0.4) is 0 Å². The van der Waals surface area contributed by atoms with Crippen molar-refractivity contribution in [3.05, 3.63) is 87.6 Å². The molecule has 2 heterocycles.